The summed E-state index contributed by atoms with van der Waals surface area (Å²) in [7, 11) is 0. The van der Waals surface area contributed by atoms with Gasteiger partial charge in [-0.05, 0) is 36.5 Å². The first-order valence-electron chi connectivity index (χ1n) is 7.23. The predicted molar refractivity (Wildman–Crippen MR) is 79.0 cm³/mol. The molecule has 0 aliphatic heterocycles. The Kier molecular flexibility index (Phi) is 3.20. The lowest BCUT2D eigenvalue weighted by Crippen LogP contribution is -2.27. The fraction of sp³-hybridized carbons (Fsp3) is 0.412. The maximum absolute atomic E-state index is 12.9. The number of Topliss-reactive ketones (excluding diaryl/α,β-unsaturated/α-hetero) is 1. The molecule has 2 aromatic rings. The Balaban J connectivity index is 1.96. The summed E-state index contributed by atoms with van der Waals surface area (Å²) < 4.78 is 1.76. The molecule has 3 rings (SSSR count). The Labute approximate surface area is 119 Å². The largest absolute Gasteiger partial charge is 0.292 e. The zero-order valence-electron chi connectivity index (χ0n) is 12.0. The minimum absolute atomic E-state index is 0.100. The van der Waals surface area contributed by atoms with Crippen molar-refractivity contribution in [2.45, 2.75) is 33.1 Å². The van der Waals surface area contributed by atoms with Gasteiger partial charge in [0.1, 0.15) is 5.69 Å². The predicted octanol–water partition coefficient (Wildman–Crippen LogP) is 3.88. The van der Waals surface area contributed by atoms with Gasteiger partial charge < -0.3 is 0 Å². The average molecular weight is 268 g/mol. The van der Waals surface area contributed by atoms with E-state index in [2.05, 4.69) is 18.9 Å². The molecule has 104 valence electrons. The van der Waals surface area contributed by atoms with Crippen molar-refractivity contribution < 1.29 is 4.79 Å². The second-order valence-electron chi connectivity index (χ2n) is 6.26. The highest BCUT2D eigenvalue weighted by Gasteiger charge is 2.40. The monoisotopic (exact) mass is 268 g/mol. The van der Waals surface area contributed by atoms with E-state index >= 15 is 0 Å². The fourth-order valence-electron chi connectivity index (χ4n) is 3.26. The van der Waals surface area contributed by atoms with E-state index in [0.717, 1.165) is 24.9 Å². The lowest BCUT2D eigenvalue weighted by Gasteiger charge is -2.25. The number of ketones is 1. The van der Waals surface area contributed by atoms with Crippen molar-refractivity contribution in [1.82, 2.24) is 9.78 Å². The van der Waals surface area contributed by atoms with Gasteiger partial charge in [0.15, 0.2) is 5.78 Å². The van der Waals surface area contributed by atoms with E-state index in [0.29, 0.717) is 5.69 Å². The second-order valence-corrected chi connectivity index (χ2v) is 6.26. The topological polar surface area (TPSA) is 34.9 Å². The Morgan fingerprint density at radius 3 is 2.65 bits per heavy atom. The highest BCUT2D eigenvalue weighted by molar-refractivity contribution is 5.97. The van der Waals surface area contributed by atoms with E-state index in [1.807, 2.05) is 36.4 Å². The standard InChI is InChI=1S/C17H20N2O/c1-17(2)11-6-9-14(17)16(20)15-10-12-18-19(15)13-7-4-3-5-8-13/h3-5,7-8,10,12,14H,6,9,11H2,1-2H3. The molecule has 1 aromatic heterocycles. The molecule has 20 heavy (non-hydrogen) atoms. The molecule has 0 saturated heterocycles. The Hall–Kier alpha value is -1.90. The number of benzene rings is 1. The molecule has 3 heteroatoms. The maximum atomic E-state index is 12.9. The SMILES string of the molecule is CC1(C)CCCC1C(=O)c1ccnn1-c1ccccc1. The van der Waals surface area contributed by atoms with Gasteiger partial charge in [-0.2, -0.15) is 5.10 Å². The van der Waals surface area contributed by atoms with Crippen molar-refractivity contribution in [3.8, 4) is 5.69 Å². The number of hydrogen-bond acceptors (Lipinski definition) is 2. The summed E-state index contributed by atoms with van der Waals surface area (Å²) in [4.78, 5) is 12.9. The van der Waals surface area contributed by atoms with Crippen LogP contribution in [0.4, 0.5) is 0 Å². The molecule has 0 amide bonds. The summed E-state index contributed by atoms with van der Waals surface area (Å²) in [6.45, 7) is 4.40. The van der Waals surface area contributed by atoms with Crippen LogP contribution in [0.2, 0.25) is 0 Å². The van der Waals surface area contributed by atoms with Crippen molar-refractivity contribution in [3.05, 3.63) is 48.3 Å². The van der Waals surface area contributed by atoms with Crippen LogP contribution in [-0.4, -0.2) is 15.6 Å². The molecule has 1 atom stereocenters. The fourth-order valence-corrected chi connectivity index (χ4v) is 3.26. The van der Waals surface area contributed by atoms with Crippen LogP contribution in [0, 0.1) is 11.3 Å². The summed E-state index contributed by atoms with van der Waals surface area (Å²) in [5.41, 5.74) is 1.75. The minimum Gasteiger partial charge on any atom is -0.292 e. The summed E-state index contributed by atoms with van der Waals surface area (Å²) >= 11 is 0. The Morgan fingerprint density at radius 1 is 1.25 bits per heavy atom. The minimum atomic E-state index is 0.100. The van der Waals surface area contributed by atoms with Crippen LogP contribution < -0.4 is 0 Å². The van der Waals surface area contributed by atoms with Crippen LogP contribution in [0.15, 0.2) is 42.6 Å². The van der Waals surface area contributed by atoms with Gasteiger partial charge in [-0.1, -0.05) is 38.5 Å². The molecule has 0 spiro atoms. The lowest BCUT2D eigenvalue weighted by atomic mass is 9.78. The molecule has 1 fully saturated rings. The van der Waals surface area contributed by atoms with Crippen LogP contribution in [0.5, 0.6) is 0 Å². The number of carbonyl (C=O) groups excluding carboxylic acids is 1. The van der Waals surface area contributed by atoms with Crippen LogP contribution in [0.25, 0.3) is 5.69 Å². The van der Waals surface area contributed by atoms with Gasteiger partial charge in [-0.3, -0.25) is 4.79 Å². The number of rotatable bonds is 3. The molecule has 0 radical (unpaired) electrons. The van der Waals surface area contributed by atoms with E-state index in [9.17, 15) is 4.79 Å². The van der Waals surface area contributed by atoms with Gasteiger partial charge >= 0.3 is 0 Å². The van der Waals surface area contributed by atoms with Crippen LogP contribution in [0.1, 0.15) is 43.6 Å². The van der Waals surface area contributed by atoms with Gasteiger partial charge in [0.25, 0.3) is 0 Å². The van der Waals surface area contributed by atoms with Crippen molar-refractivity contribution in [2.75, 3.05) is 0 Å². The zero-order valence-corrected chi connectivity index (χ0v) is 12.0. The van der Waals surface area contributed by atoms with Crippen molar-refractivity contribution in [2.24, 2.45) is 11.3 Å². The van der Waals surface area contributed by atoms with Gasteiger partial charge in [0.2, 0.25) is 0 Å². The highest BCUT2D eigenvalue weighted by atomic mass is 16.1. The Morgan fingerprint density at radius 2 is 2.00 bits per heavy atom. The molecule has 0 bridgehead atoms. The number of aromatic nitrogens is 2. The molecular formula is C17H20N2O. The quantitative estimate of drug-likeness (QED) is 0.792. The third-order valence-electron chi connectivity index (χ3n) is 4.47. The zero-order chi connectivity index (χ0) is 14.2. The summed E-state index contributed by atoms with van der Waals surface area (Å²) in [6.07, 6.45) is 4.97. The second kappa shape index (κ2) is 4.89. The molecular weight excluding hydrogens is 248 g/mol. The summed E-state index contributed by atoms with van der Waals surface area (Å²) in [5.74, 6) is 0.343. The smallest absolute Gasteiger partial charge is 0.184 e. The molecule has 3 nitrogen and oxygen atoms in total. The third-order valence-corrected chi connectivity index (χ3v) is 4.47. The molecule has 1 heterocycles. The molecule has 1 aliphatic rings. The van der Waals surface area contributed by atoms with E-state index in [-0.39, 0.29) is 17.1 Å². The first-order valence-corrected chi connectivity index (χ1v) is 7.23. The summed E-state index contributed by atoms with van der Waals surface area (Å²) in [6, 6.07) is 11.7. The molecule has 1 unspecified atom stereocenters. The van der Waals surface area contributed by atoms with Gasteiger partial charge in [0, 0.05) is 5.92 Å². The van der Waals surface area contributed by atoms with E-state index < -0.39 is 0 Å². The average Bonchev–Trinajstić information content (AvgIpc) is 3.05. The number of carbonyl (C=O) groups is 1. The van der Waals surface area contributed by atoms with Gasteiger partial charge in [0.05, 0.1) is 11.9 Å². The van der Waals surface area contributed by atoms with Crippen molar-refractivity contribution >= 4 is 5.78 Å². The molecule has 0 N–H and O–H groups in total. The highest BCUT2D eigenvalue weighted by Crippen LogP contribution is 2.44. The maximum Gasteiger partial charge on any atom is 0.184 e. The van der Waals surface area contributed by atoms with Crippen LogP contribution >= 0.6 is 0 Å². The van der Waals surface area contributed by atoms with Gasteiger partial charge in [-0.25, -0.2) is 4.68 Å². The Bertz CT molecular complexity index is 613. The number of hydrogen-bond donors (Lipinski definition) is 0. The van der Waals surface area contributed by atoms with Crippen LogP contribution in [0.3, 0.4) is 0 Å². The summed E-state index contributed by atoms with van der Waals surface area (Å²) in [5, 5.41) is 4.32. The number of para-hydroxylation sites is 1. The number of nitrogens with zero attached hydrogens (tertiary/aromatic N) is 2. The van der Waals surface area contributed by atoms with Gasteiger partial charge in [-0.15, -0.1) is 0 Å². The van der Waals surface area contributed by atoms with Crippen molar-refractivity contribution in [3.63, 3.8) is 0 Å². The third kappa shape index (κ3) is 2.17. The van der Waals surface area contributed by atoms with Crippen molar-refractivity contribution in [1.29, 1.82) is 0 Å². The van der Waals surface area contributed by atoms with E-state index in [4.69, 9.17) is 0 Å². The molecule has 1 aliphatic carbocycles. The normalized spacial score (nSPS) is 21.0. The first-order chi connectivity index (χ1) is 9.59. The lowest BCUT2D eigenvalue weighted by molar-refractivity contribution is 0.0830. The molecule has 1 aromatic carbocycles. The van der Waals surface area contributed by atoms with E-state index in [1.165, 1.54) is 0 Å². The van der Waals surface area contributed by atoms with E-state index in [1.54, 1.807) is 10.9 Å². The molecule has 1 saturated carbocycles. The first kappa shape index (κ1) is 13.1. The van der Waals surface area contributed by atoms with Crippen LogP contribution in [-0.2, 0) is 0 Å².